The van der Waals surface area contributed by atoms with Gasteiger partial charge in [0.25, 0.3) is 5.91 Å². The van der Waals surface area contributed by atoms with Gasteiger partial charge in [-0.05, 0) is 66.6 Å². The number of anilines is 2. The zero-order chi connectivity index (χ0) is 20.8. The maximum absolute atomic E-state index is 12.2. The molecule has 30 heavy (non-hydrogen) atoms. The van der Waals surface area contributed by atoms with Crippen LogP contribution in [0.15, 0.2) is 83.0 Å². The number of amides is 2. The fourth-order valence-corrected chi connectivity index (χ4v) is 3.02. The van der Waals surface area contributed by atoms with E-state index < -0.39 is 0 Å². The molecule has 0 saturated carbocycles. The Kier molecular flexibility index (Phi) is 5.80. The summed E-state index contributed by atoms with van der Waals surface area (Å²) in [6.07, 6.45) is 1.12. The summed E-state index contributed by atoms with van der Waals surface area (Å²) < 4.78 is 5.59. The number of ether oxygens (including phenoxy) is 1. The number of nitrogens with zero attached hydrogens (tertiary/aromatic N) is 2. The SMILES string of the molecule is O=C(COc1ccc2c(c1)CCC(=O)N2)Nc1ccc(N=Nc2ccccc2)cc1. The predicted molar refractivity (Wildman–Crippen MR) is 115 cm³/mol. The van der Waals surface area contributed by atoms with Crippen LogP contribution in [0.3, 0.4) is 0 Å². The van der Waals surface area contributed by atoms with Gasteiger partial charge in [0.2, 0.25) is 5.91 Å². The Balaban J connectivity index is 1.29. The lowest BCUT2D eigenvalue weighted by Crippen LogP contribution is -2.21. The van der Waals surface area contributed by atoms with Crippen molar-refractivity contribution in [2.24, 2.45) is 10.2 Å². The van der Waals surface area contributed by atoms with Gasteiger partial charge in [-0.1, -0.05) is 18.2 Å². The summed E-state index contributed by atoms with van der Waals surface area (Å²) in [5, 5.41) is 13.9. The van der Waals surface area contributed by atoms with E-state index in [1.165, 1.54) is 0 Å². The summed E-state index contributed by atoms with van der Waals surface area (Å²) in [5.41, 5.74) is 3.92. The van der Waals surface area contributed by atoms with Gasteiger partial charge in [0.15, 0.2) is 6.61 Å². The van der Waals surface area contributed by atoms with Crippen LogP contribution in [-0.2, 0) is 16.0 Å². The molecular formula is C23H20N4O3. The molecule has 0 unspecified atom stereocenters. The molecule has 150 valence electrons. The van der Waals surface area contributed by atoms with E-state index in [1.54, 1.807) is 36.4 Å². The molecule has 1 aliphatic heterocycles. The standard InChI is InChI=1S/C23H20N4O3/c28-22-13-6-16-14-20(11-12-21(16)25-22)30-15-23(29)24-17-7-9-19(10-8-17)27-26-18-4-2-1-3-5-18/h1-5,7-12,14H,6,13,15H2,(H,24,29)(H,25,28). The topological polar surface area (TPSA) is 92.2 Å². The van der Waals surface area contributed by atoms with Crippen LogP contribution in [0.1, 0.15) is 12.0 Å². The van der Waals surface area contributed by atoms with Crippen LogP contribution in [-0.4, -0.2) is 18.4 Å². The third-order valence-electron chi connectivity index (χ3n) is 4.53. The summed E-state index contributed by atoms with van der Waals surface area (Å²) >= 11 is 0. The van der Waals surface area contributed by atoms with Gasteiger partial charge >= 0.3 is 0 Å². The van der Waals surface area contributed by atoms with Crippen molar-refractivity contribution in [2.45, 2.75) is 12.8 Å². The predicted octanol–water partition coefficient (Wildman–Crippen LogP) is 5.00. The molecule has 3 aromatic carbocycles. The van der Waals surface area contributed by atoms with Gasteiger partial charge in [-0.15, -0.1) is 0 Å². The molecule has 0 atom stereocenters. The van der Waals surface area contributed by atoms with Crippen LogP contribution in [0.4, 0.5) is 22.7 Å². The molecule has 0 radical (unpaired) electrons. The highest BCUT2D eigenvalue weighted by Gasteiger charge is 2.15. The van der Waals surface area contributed by atoms with Gasteiger partial charge in [-0.25, -0.2) is 0 Å². The van der Waals surface area contributed by atoms with Crippen molar-refractivity contribution in [1.29, 1.82) is 0 Å². The highest BCUT2D eigenvalue weighted by molar-refractivity contribution is 5.94. The minimum Gasteiger partial charge on any atom is -0.484 e. The summed E-state index contributed by atoms with van der Waals surface area (Å²) in [6, 6.07) is 21.9. The van der Waals surface area contributed by atoms with Crippen molar-refractivity contribution in [3.05, 3.63) is 78.4 Å². The quantitative estimate of drug-likeness (QED) is 0.570. The van der Waals surface area contributed by atoms with Crippen LogP contribution >= 0.6 is 0 Å². The van der Waals surface area contributed by atoms with E-state index in [-0.39, 0.29) is 18.4 Å². The van der Waals surface area contributed by atoms with E-state index in [2.05, 4.69) is 20.9 Å². The van der Waals surface area contributed by atoms with Crippen LogP contribution in [0.2, 0.25) is 0 Å². The minimum atomic E-state index is -0.264. The van der Waals surface area contributed by atoms with Crippen LogP contribution in [0, 0.1) is 0 Å². The van der Waals surface area contributed by atoms with E-state index >= 15 is 0 Å². The van der Waals surface area contributed by atoms with Gasteiger partial charge in [0.05, 0.1) is 11.4 Å². The number of nitrogens with one attached hydrogen (secondary N) is 2. The molecule has 3 aromatic rings. The number of hydrogen-bond acceptors (Lipinski definition) is 5. The molecule has 0 aliphatic carbocycles. The fourth-order valence-electron chi connectivity index (χ4n) is 3.02. The molecule has 0 spiro atoms. The van der Waals surface area contributed by atoms with Crippen molar-refractivity contribution >= 4 is 34.6 Å². The number of hydrogen-bond donors (Lipinski definition) is 2. The number of azo groups is 1. The average Bonchev–Trinajstić information content (AvgIpc) is 2.78. The van der Waals surface area contributed by atoms with Crippen LogP contribution < -0.4 is 15.4 Å². The summed E-state index contributed by atoms with van der Waals surface area (Å²) in [5.74, 6) is 0.347. The molecule has 0 bridgehead atoms. The lowest BCUT2D eigenvalue weighted by molar-refractivity contribution is -0.118. The number of fused-ring (bicyclic) bond motifs is 1. The van der Waals surface area contributed by atoms with Crippen LogP contribution in [0.25, 0.3) is 0 Å². The van der Waals surface area contributed by atoms with Gasteiger partial charge in [-0.2, -0.15) is 10.2 Å². The van der Waals surface area contributed by atoms with E-state index in [1.807, 2.05) is 36.4 Å². The van der Waals surface area contributed by atoms with Gasteiger partial charge in [0, 0.05) is 17.8 Å². The Labute approximate surface area is 173 Å². The molecule has 0 fully saturated rings. The maximum Gasteiger partial charge on any atom is 0.262 e. The first-order valence-corrected chi connectivity index (χ1v) is 9.58. The summed E-state index contributed by atoms with van der Waals surface area (Å²) in [7, 11) is 0. The monoisotopic (exact) mass is 400 g/mol. The fraction of sp³-hybridized carbons (Fsp3) is 0.130. The van der Waals surface area contributed by atoms with Crippen molar-refractivity contribution < 1.29 is 14.3 Å². The number of rotatable bonds is 6. The second-order valence-corrected chi connectivity index (χ2v) is 6.79. The van der Waals surface area contributed by atoms with Gasteiger partial charge < -0.3 is 15.4 Å². The molecule has 2 amide bonds. The second kappa shape index (κ2) is 9.00. The Morgan fingerprint density at radius 1 is 0.933 bits per heavy atom. The normalized spacial score (nSPS) is 12.9. The lowest BCUT2D eigenvalue weighted by atomic mass is 10.0. The Morgan fingerprint density at radius 2 is 1.67 bits per heavy atom. The smallest absolute Gasteiger partial charge is 0.262 e. The molecular weight excluding hydrogens is 380 g/mol. The lowest BCUT2D eigenvalue weighted by Gasteiger charge is -2.17. The molecule has 2 N–H and O–H groups in total. The molecule has 1 heterocycles. The number of carbonyl (C=O) groups excluding carboxylic acids is 2. The first-order valence-electron chi connectivity index (χ1n) is 9.58. The van der Waals surface area contributed by atoms with E-state index in [4.69, 9.17) is 4.74 Å². The Bertz CT molecular complexity index is 1080. The van der Waals surface area contributed by atoms with E-state index in [9.17, 15) is 9.59 Å². The third kappa shape index (κ3) is 5.08. The van der Waals surface area contributed by atoms with Crippen molar-refractivity contribution in [3.8, 4) is 5.75 Å². The molecule has 7 nitrogen and oxygen atoms in total. The third-order valence-corrected chi connectivity index (χ3v) is 4.53. The van der Waals surface area contributed by atoms with E-state index in [0.29, 0.717) is 30.0 Å². The molecule has 0 saturated heterocycles. The molecule has 0 aromatic heterocycles. The first kappa shape index (κ1) is 19.3. The van der Waals surface area contributed by atoms with Crippen LogP contribution in [0.5, 0.6) is 5.75 Å². The van der Waals surface area contributed by atoms with Crippen molar-refractivity contribution in [2.75, 3.05) is 17.2 Å². The highest BCUT2D eigenvalue weighted by atomic mass is 16.5. The number of carbonyl (C=O) groups is 2. The Morgan fingerprint density at radius 3 is 2.43 bits per heavy atom. The van der Waals surface area contributed by atoms with Gasteiger partial charge in [-0.3, -0.25) is 9.59 Å². The highest BCUT2D eigenvalue weighted by Crippen LogP contribution is 2.27. The van der Waals surface area contributed by atoms with E-state index in [0.717, 1.165) is 16.9 Å². The maximum atomic E-state index is 12.2. The second-order valence-electron chi connectivity index (χ2n) is 6.79. The molecule has 7 heteroatoms. The number of benzene rings is 3. The van der Waals surface area contributed by atoms with Crippen molar-refractivity contribution in [1.82, 2.24) is 0 Å². The molecule has 1 aliphatic rings. The summed E-state index contributed by atoms with van der Waals surface area (Å²) in [6.45, 7) is -0.111. The van der Waals surface area contributed by atoms with Gasteiger partial charge in [0.1, 0.15) is 5.75 Å². The zero-order valence-electron chi connectivity index (χ0n) is 16.2. The number of aryl methyl sites for hydroxylation is 1. The summed E-state index contributed by atoms with van der Waals surface area (Å²) in [4.78, 5) is 23.6. The van der Waals surface area contributed by atoms with Crippen molar-refractivity contribution in [3.63, 3.8) is 0 Å². The largest absolute Gasteiger partial charge is 0.484 e. The zero-order valence-corrected chi connectivity index (χ0v) is 16.2. The Hall–Kier alpha value is -4.00. The molecule has 4 rings (SSSR count). The minimum absolute atomic E-state index is 0.0168. The average molecular weight is 400 g/mol. The first-order chi connectivity index (χ1) is 14.7.